The van der Waals surface area contributed by atoms with Gasteiger partial charge in [-0.3, -0.25) is 13.9 Å². The van der Waals surface area contributed by atoms with Crippen LogP contribution in [-0.2, 0) is 26.2 Å². The molecule has 0 aliphatic heterocycles. The molecule has 0 radical (unpaired) electrons. The van der Waals surface area contributed by atoms with E-state index >= 15 is 0 Å². The van der Waals surface area contributed by atoms with Gasteiger partial charge in [0, 0.05) is 17.6 Å². The van der Waals surface area contributed by atoms with E-state index < -0.39 is 28.5 Å². The Morgan fingerprint density at radius 3 is 2.14 bits per heavy atom. The van der Waals surface area contributed by atoms with Gasteiger partial charge in [0.15, 0.2) is 0 Å². The highest BCUT2D eigenvalue weighted by Crippen LogP contribution is 2.33. The Kier molecular flexibility index (Phi) is 11.6. The van der Waals surface area contributed by atoms with Crippen LogP contribution in [0.25, 0.3) is 0 Å². The lowest BCUT2D eigenvalue weighted by molar-refractivity contribution is -0.140. The van der Waals surface area contributed by atoms with E-state index in [9.17, 15) is 18.0 Å². The predicted octanol–water partition coefficient (Wildman–Crippen LogP) is 5.27. The van der Waals surface area contributed by atoms with Gasteiger partial charge in [0.05, 0.1) is 24.8 Å². The van der Waals surface area contributed by atoms with Crippen LogP contribution in [0.5, 0.6) is 11.5 Å². The second-order valence-electron chi connectivity index (χ2n) is 9.71. The number of rotatable bonds is 14. The molecule has 0 saturated carbocycles. The van der Waals surface area contributed by atoms with Crippen LogP contribution >= 0.6 is 11.6 Å². The van der Waals surface area contributed by atoms with E-state index in [1.807, 2.05) is 13.8 Å². The van der Waals surface area contributed by atoms with E-state index in [0.29, 0.717) is 29.2 Å². The lowest BCUT2D eigenvalue weighted by atomic mass is 10.1. The minimum atomic E-state index is -4.27. The molecule has 0 fully saturated rings. The second-order valence-corrected chi connectivity index (χ2v) is 12.0. The Balaban J connectivity index is 2.11. The molecular weight excluding hydrogens is 578 g/mol. The average Bonchev–Trinajstić information content (AvgIpc) is 3.00. The number of ether oxygens (including phenoxy) is 2. The summed E-state index contributed by atoms with van der Waals surface area (Å²) in [5.41, 5.74) is 0.808. The molecule has 0 heterocycles. The van der Waals surface area contributed by atoms with Crippen molar-refractivity contribution in [3.63, 3.8) is 0 Å². The van der Waals surface area contributed by atoms with Crippen LogP contribution in [-0.4, -0.2) is 58.0 Å². The first-order valence-electron chi connectivity index (χ1n) is 13.7. The second kappa shape index (κ2) is 14.9. The molecule has 1 N–H and O–H groups in total. The molecule has 9 nitrogen and oxygen atoms in total. The summed E-state index contributed by atoms with van der Waals surface area (Å²) in [5.74, 6) is -0.155. The van der Waals surface area contributed by atoms with Gasteiger partial charge in [-0.15, -0.1) is 0 Å². The van der Waals surface area contributed by atoms with E-state index in [1.54, 1.807) is 55.5 Å². The number of carbonyl (C=O) groups excluding carboxylic acids is 2. The fraction of sp³-hybridized carbons (Fsp3) is 0.355. The summed E-state index contributed by atoms with van der Waals surface area (Å²) in [7, 11) is -1.36. The maximum atomic E-state index is 14.2. The molecule has 226 valence electrons. The third kappa shape index (κ3) is 7.74. The first kappa shape index (κ1) is 32.8. The Hall–Kier alpha value is -3.76. The fourth-order valence-electron chi connectivity index (χ4n) is 4.39. The van der Waals surface area contributed by atoms with Crippen LogP contribution in [0.1, 0.15) is 39.2 Å². The molecule has 0 saturated heterocycles. The van der Waals surface area contributed by atoms with Crippen molar-refractivity contribution in [3.8, 4) is 11.5 Å². The van der Waals surface area contributed by atoms with Gasteiger partial charge in [-0.2, -0.15) is 0 Å². The van der Waals surface area contributed by atoms with Crippen LogP contribution < -0.4 is 19.1 Å². The highest BCUT2D eigenvalue weighted by Gasteiger charge is 2.35. The van der Waals surface area contributed by atoms with Gasteiger partial charge in [0.1, 0.15) is 24.1 Å². The number of halogens is 1. The fourth-order valence-corrected chi connectivity index (χ4v) is 6.01. The quantitative estimate of drug-likeness (QED) is 0.265. The molecular formula is C31H38ClN3O6S. The zero-order valence-corrected chi connectivity index (χ0v) is 26.1. The maximum Gasteiger partial charge on any atom is 0.264 e. The summed E-state index contributed by atoms with van der Waals surface area (Å²) in [5, 5.41) is 3.39. The van der Waals surface area contributed by atoms with Crippen LogP contribution in [0.4, 0.5) is 5.69 Å². The van der Waals surface area contributed by atoms with Gasteiger partial charge in [-0.25, -0.2) is 8.42 Å². The van der Waals surface area contributed by atoms with Crippen LogP contribution in [0.15, 0.2) is 77.7 Å². The number of amides is 2. The van der Waals surface area contributed by atoms with Gasteiger partial charge in [0.25, 0.3) is 10.0 Å². The van der Waals surface area contributed by atoms with Crippen molar-refractivity contribution in [3.05, 3.63) is 83.4 Å². The average molecular weight is 616 g/mol. The summed E-state index contributed by atoms with van der Waals surface area (Å²) in [6, 6.07) is 18.5. The van der Waals surface area contributed by atoms with Gasteiger partial charge >= 0.3 is 0 Å². The zero-order chi connectivity index (χ0) is 30.9. The Morgan fingerprint density at radius 1 is 0.905 bits per heavy atom. The number of carbonyl (C=O) groups is 2. The van der Waals surface area contributed by atoms with E-state index in [0.717, 1.165) is 4.31 Å². The minimum Gasteiger partial charge on any atom is -0.497 e. The zero-order valence-electron chi connectivity index (χ0n) is 24.5. The number of methoxy groups -OCH3 is 2. The van der Waals surface area contributed by atoms with Crippen molar-refractivity contribution >= 4 is 39.1 Å². The Labute approximate surface area is 253 Å². The molecule has 42 heavy (non-hydrogen) atoms. The molecule has 0 bridgehead atoms. The van der Waals surface area contributed by atoms with E-state index in [-0.39, 0.29) is 34.8 Å². The van der Waals surface area contributed by atoms with Crippen molar-refractivity contribution in [2.24, 2.45) is 0 Å². The molecule has 3 aromatic rings. The van der Waals surface area contributed by atoms with Crippen molar-refractivity contribution in [2.75, 3.05) is 25.1 Å². The standard InChI is InChI=1S/C31H38ClN3O6S/c1-6-22(3)33-31(37)27(7-2)34(20-23-12-8-9-13-26(23)32)30(36)21-35(28-14-10-11-15-29(28)41-5)42(38,39)25-18-16-24(40-4)17-19-25/h8-19,22,27H,6-7,20-21H2,1-5H3,(H,33,37)/t22-,27-/m1/s1. The predicted molar refractivity (Wildman–Crippen MR) is 164 cm³/mol. The number of nitrogens with one attached hydrogen (secondary N) is 1. The molecule has 3 aromatic carbocycles. The summed E-state index contributed by atoms with van der Waals surface area (Å²) in [4.78, 5) is 29.0. The first-order valence-corrected chi connectivity index (χ1v) is 15.5. The topological polar surface area (TPSA) is 105 Å². The van der Waals surface area contributed by atoms with Crippen molar-refractivity contribution < 1.29 is 27.5 Å². The number of hydrogen-bond donors (Lipinski definition) is 1. The van der Waals surface area contributed by atoms with Crippen LogP contribution in [0, 0.1) is 0 Å². The number of nitrogens with zero attached hydrogens (tertiary/aromatic N) is 2. The molecule has 2 amide bonds. The molecule has 0 unspecified atom stereocenters. The number of para-hydroxylation sites is 2. The van der Waals surface area contributed by atoms with Crippen molar-refractivity contribution in [1.82, 2.24) is 10.2 Å². The van der Waals surface area contributed by atoms with Gasteiger partial charge in [-0.05, 0) is 67.8 Å². The number of sulfonamides is 1. The maximum absolute atomic E-state index is 14.2. The number of hydrogen-bond acceptors (Lipinski definition) is 6. The molecule has 0 spiro atoms. The Morgan fingerprint density at radius 2 is 1.55 bits per heavy atom. The van der Waals surface area contributed by atoms with E-state index in [2.05, 4.69) is 5.32 Å². The lowest BCUT2D eigenvalue weighted by Gasteiger charge is -2.34. The van der Waals surface area contributed by atoms with E-state index in [4.69, 9.17) is 21.1 Å². The largest absolute Gasteiger partial charge is 0.497 e. The SMILES string of the molecule is CC[C@@H](C)NC(=O)[C@@H](CC)N(Cc1ccccc1Cl)C(=O)CN(c1ccccc1OC)S(=O)(=O)c1ccc(OC)cc1. The molecule has 0 aliphatic rings. The summed E-state index contributed by atoms with van der Waals surface area (Å²) >= 11 is 6.45. The monoisotopic (exact) mass is 615 g/mol. The summed E-state index contributed by atoms with van der Waals surface area (Å²) in [6.45, 7) is 5.06. The smallest absolute Gasteiger partial charge is 0.264 e. The minimum absolute atomic E-state index is 0.00723. The van der Waals surface area contributed by atoms with E-state index in [1.165, 1.54) is 43.4 Å². The molecule has 0 aliphatic carbocycles. The van der Waals surface area contributed by atoms with Crippen molar-refractivity contribution in [2.45, 2.75) is 57.1 Å². The third-order valence-corrected chi connectivity index (χ3v) is 9.11. The van der Waals surface area contributed by atoms with Crippen LogP contribution in [0.3, 0.4) is 0 Å². The van der Waals surface area contributed by atoms with Crippen LogP contribution in [0.2, 0.25) is 5.02 Å². The molecule has 3 rings (SSSR count). The van der Waals surface area contributed by atoms with Gasteiger partial charge in [0.2, 0.25) is 11.8 Å². The third-order valence-electron chi connectivity index (χ3n) is 6.97. The lowest BCUT2D eigenvalue weighted by Crippen LogP contribution is -2.53. The first-order chi connectivity index (χ1) is 20.1. The highest BCUT2D eigenvalue weighted by molar-refractivity contribution is 7.92. The Bertz CT molecular complexity index is 1470. The highest BCUT2D eigenvalue weighted by atomic mass is 35.5. The number of benzene rings is 3. The normalized spacial score (nSPS) is 12.6. The number of anilines is 1. The van der Waals surface area contributed by atoms with Crippen molar-refractivity contribution in [1.29, 1.82) is 0 Å². The molecule has 0 aromatic heterocycles. The summed E-state index contributed by atoms with van der Waals surface area (Å²) in [6.07, 6.45) is 1.01. The molecule has 2 atom stereocenters. The molecule has 11 heteroatoms. The van der Waals surface area contributed by atoms with Gasteiger partial charge in [-0.1, -0.05) is 55.8 Å². The summed E-state index contributed by atoms with van der Waals surface area (Å²) < 4.78 is 39.8. The van der Waals surface area contributed by atoms with Gasteiger partial charge < -0.3 is 19.7 Å².